The number of hydrogen-bond acceptors (Lipinski definition) is 3. The Labute approximate surface area is 107 Å². The van der Waals surface area contributed by atoms with Crippen molar-refractivity contribution in [2.24, 2.45) is 0 Å². The van der Waals surface area contributed by atoms with Gasteiger partial charge in [0.05, 0.1) is 6.61 Å². The zero-order valence-electron chi connectivity index (χ0n) is 9.98. The van der Waals surface area contributed by atoms with E-state index in [1.165, 1.54) is 5.56 Å². The Morgan fingerprint density at radius 1 is 1.53 bits per heavy atom. The molecule has 4 heteroatoms. The third-order valence-corrected chi connectivity index (χ3v) is 3.15. The zero-order chi connectivity index (χ0) is 12.3. The van der Waals surface area contributed by atoms with E-state index in [1.54, 1.807) is 4.90 Å². The van der Waals surface area contributed by atoms with E-state index < -0.39 is 0 Å². The van der Waals surface area contributed by atoms with Gasteiger partial charge in [0.25, 0.3) is 0 Å². The third-order valence-electron chi connectivity index (χ3n) is 2.93. The molecular formula is C13H17NO2S. The lowest BCUT2D eigenvalue weighted by atomic mass is 10.1. The average molecular weight is 251 g/mol. The smallest absolute Gasteiger partial charge is 0.223 e. The second kappa shape index (κ2) is 5.45. The molecule has 0 spiro atoms. The Morgan fingerprint density at radius 2 is 2.35 bits per heavy atom. The molecular weight excluding hydrogens is 234 g/mol. The highest BCUT2D eigenvalue weighted by atomic mass is 32.1. The van der Waals surface area contributed by atoms with Crippen molar-refractivity contribution in [3.63, 3.8) is 0 Å². The summed E-state index contributed by atoms with van der Waals surface area (Å²) in [5.41, 5.74) is 2.40. The first-order chi connectivity index (χ1) is 8.20. The van der Waals surface area contributed by atoms with E-state index >= 15 is 0 Å². The van der Waals surface area contributed by atoms with Crippen molar-refractivity contribution in [2.45, 2.75) is 19.4 Å². The molecule has 17 heavy (non-hydrogen) atoms. The molecule has 1 heterocycles. The number of carbonyl (C=O) groups is 1. The second-order valence-corrected chi connectivity index (χ2v) is 4.71. The van der Waals surface area contributed by atoms with Gasteiger partial charge in [-0.2, -0.15) is 12.6 Å². The third kappa shape index (κ3) is 2.94. The largest absolute Gasteiger partial charge is 0.493 e. The van der Waals surface area contributed by atoms with Gasteiger partial charge in [-0.3, -0.25) is 4.79 Å². The predicted molar refractivity (Wildman–Crippen MR) is 70.6 cm³/mol. The molecule has 0 saturated carbocycles. The highest BCUT2D eigenvalue weighted by Crippen LogP contribution is 2.26. The Bertz CT molecular complexity index is 420. The Morgan fingerprint density at radius 3 is 3.12 bits per heavy atom. The average Bonchev–Trinajstić information content (AvgIpc) is 2.76. The van der Waals surface area contributed by atoms with Crippen LogP contribution in [-0.4, -0.2) is 30.2 Å². The number of nitrogens with zero attached hydrogens (tertiary/aromatic N) is 1. The van der Waals surface area contributed by atoms with Crippen LogP contribution in [0.4, 0.5) is 0 Å². The monoisotopic (exact) mass is 251 g/mol. The van der Waals surface area contributed by atoms with Crippen LogP contribution in [-0.2, 0) is 17.8 Å². The van der Waals surface area contributed by atoms with E-state index in [1.807, 2.05) is 19.2 Å². The lowest BCUT2D eigenvalue weighted by Gasteiger charge is -2.17. The van der Waals surface area contributed by atoms with Gasteiger partial charge in [0.2, 0.25) is 5.91 Å². The van der Waals surface area contributed by atoms with Gasteiger partial charge < -0.3 is 9.64 Å². The topological polar surface area (TPSA) is 29.5 Å². The molecule has 1 aromatic rings. The number of amides is 1. The summed E-state index contributed by atoms with van der Waals surface area (Å²) in [6.07, 6.45) is 1.46. The van der Waals surface area contributed by atoms with E-state index in [2.05, 4.69) is 18.7 Å². The Balaban J connectivity index is 2.01. The maximum absolute atomic E-state index is 11.6. The van der Waals surface area contributed by atoms with Crippen molar-refractivity contribution in [1.29, 1.82) is 0 Å². The van der Waals surface area contributed by atoms with Crippen LogP contribution in [0.3, 0.4) is 0 Å². The molecule has 1 amide bonds. The molecule has 0 N–H and O–H groups in total. The van der Waals surface area contributed by atoms with Crippen LogP contribution in [0.25, 0.3) is 0 Å². The maximum atomic E-state index is 11.6. The van der Waals surface area contributed by atoms with Crippen LogP contribution < -0.4 is 4.74 Å². The van der Waals surface area contributed by atoms with Crippen LogP contribution in [0, 0.1) is 0 Å². The van der Waals surface area contributed by atoms with Crippen LogP contribution in [0.1, 0.15) is 17.5 Å². The van der Waals surface area contributed by atoms with Gasteiger partial charge in [-0.1, -0.05) is 12.1 Å². The fourth-order valence-electron chi connectivity index (χ4n) is 1.99. The first kappa shape index (κ1) is 12.3. The number of hydrogen-bond donors (Lipinski definition) is 1. The van der Waals surface area contributed by atoms with E-state index in [0.717, 1.165) is 24.3 Å². The standard InChI is InChI=1S/C13H17NO2S/c1-14(13(15)5-7-17)9-10-2-3-12-11(8-10)4-6-16-12/h2-3,8,17H,4-7,9H2,1H3. The fourth-order valence-corrected chi connectivity index (χ4v) is 2.18. The van der Waals surface area contributed by atoms with E-state index in [-0.39, 0.29) is 5.91 Å². The molecule has 0 saturated heterocycles. The number of fused-ring (bicyclic) bond motifs is 1. The molecule has 0 atom stereocenters. The maximum Gasteiger partial charge on any atom is 0.223 e. The first-order valence-corrected chi connectivity index (χ1v) is 6.43. The van der Waals surface area contributed by atoms with Crippen LogP contribution in [0.2, 0.25) is 0 Å². The van der Waals surface area contributed by atoms with E-state index in [4.69, 9.17) is 4.74 Å². The summed E-state index contributed by atoms with van der Waals surface area (Å²) in [5.74, 6) is 1.72. The first-order valence-electron chi connectivity index (χ1n) is 5.80. The Hall–Kier alpha value is -1.16. The lowest BCUT2D eigenvalue weighted by molar-refractivity contribution is -0.129. The quantitative estimate of drug-likeness (QED) is 0.828. The van der Waals surface area contributed by atoms with Crippen molar-refractivity contribution in [3.05, 3.63) is 29.3 Å². The van der Waals surface area contributed by atoms with Crippen LogP contribution in [0.15, 0.2) is 18.2 Å². The number of carbonyl (C=O) groups excluding carboxylic acids is 1. The summed E-state index contributed by atoms with van der Waals surface area (Å²) >= 11 is 4.07. The van der Waals surface area contributed by atoms with Gasteiger partial charge in [0, 0.05) is 26.4 Å². The SMILES string of the molecule is CN(Cc1ccc2c(c1)CCO2)C(=O)CCS. The van der Waals surface area contributed by atoms with Gasteiger partial charge in [0.1, 0.15) is 5.75 Å². The van der Waals surface area contributed by atoms with E-state index in [0.29, 0.717) is 18.7 Å². The van der Waals surface area contributed by atoms with E-state index in [9.17, 15) is 4.79 Å². The summed E-state index contributed by atoms with van der Waals surface area (Å²) in [7, 11) is 1.83. The minimum absolute atomic E-state index is 0.136. The number of rotatable bonds is 4. The zero-order valence-corrected chi connectivity index (χ0v) is 10.9. The summed E-state index contributed by atoms with van der Waals surface area (Å²) in [6.45, 7) is 1.42. The van der Waals surface area contributed by atoms with Gasteiger partial charge in [-0.25, -0.2) is 0 Å². The van der Waals surface area contributed by atoms with Gasteiger partial charge in [0.15, 0.2) is 0 Å². The summed E-state index contributed by atoms with van der Waals surface area (Å²) in [5, 5.41) is 0. The Kier molecular flexibility index (Phi) is 3.94. The van der Waals surface area contributed by atoms with Crippen molar-refractivity contribution in [3.8, 4) is 5.75 Å². The molecule has 0 aliphatic carbocycles. The van der Waals surface area contributed by atoms with Crippen molar-refractivity contribution < 1.29 is 9.53 Å². The molecule has 2 rings (SSSR count). The normalized spacial score (nSPS) is 13.1. The van der Waals surface area contributed by atoms with Crippen molar-refractivity contribution >= 4 is 18.5 Å². The molecule has 3 nitrogen and oxygen atoms in total. The summed E-state index contributed by atoms with van der Waals surface area (Å²) < 4.78 is 5.45. The fraction of sp³-hybridized carbons (Fsp3) is 0.462. The van der Waals surface area contributed by atoms with Crippen LogP contribution in [0.5, 0.6) is 5.75 Å². The van der Waals surface area contributed by atoms with Crippen molar-refractivity contribution in [2.75, 3.05) is 19.4 Å². The molecule has 0 bridgehead atoms. The minimum Gasteiger partial charge on any atom is -0.493 e. The number of benzene rings is 1. The number of ether oxygens (including phenoxy) is 1. The lowest BCUT2D eigenvalue weighted by Crippen LogP contribution is -2.26. The second-order valence-electron chi connectivity index (χ2n) is 4.26. The van der Waals surface area contributed by atoms with Gasteiger partial charge in [-0.05, 0) is 22.9 Å². The molecule has 1 aromatic carbocycles. The highest BCUT2D eigenvalue weighted by molar-refractivity contribution is 7.80. The predicted octanol–water partition coefficient (Wildman–Crippen LogP) is 1.90. The molecule has 0 aromatic heterocycles. The molecule has 1 aliphatic heterocycles. The molecule has 92 valence electrons. The minimum atomic E-state index is 0.136. The van der Waals surface area contributed by atoms with Gasteiger partial charge >= 0.3 is 0 Å². The summed E-state index contributed by atoms with van der Waals surface area (Å²) in [4.78, 5) is 13.4. The van der Waals surface area contributed by atoms with Crippen molar-refractivity contribution in [1.82, 2.24) is 4.90 Å². The van der Waals surface area contributed by atoms with Gasteiger partial charge in [-0.15, -0.1) is 0 Å². The summed E-state index contributed by atoms with van der Waals surface area (Å²) in [6, 6.07) is 6.15. The van der Waals surface area contributed by atoms with Crippen LogP contribution >= 0.6 is 12.6 Å². The molecule has 1 aliphatic rings. The number of thiol groups is 1. The molecule has 0 fully saturated rings. The molecule has 0 unspecified atom stereocenters. The highest BCUT2D eigenvalue weighted by Gasteiger charge is 2.13. The molecule has 0 radical (unpaired) electrons.